The van der Waals surface area contributed by atoms with Gasteiger partial charge in [-0.3, -0.25) is 0 Å². The highest BCUT2D eigenvalue weighted by Gasteiger charge is 2.11. The van der Waals surface area contributed by atoms with Gasteiger partial charge in [-0.15, -0.1) is 0 Å². The summed E-state index contributed by atoms with van der Waals surface area (Å²) in [5.41, 5.74) is 4.06. The maximum absolute atomic E-state index is 2.50. The van der Waals surface area contributed by atoms with Crippen molar-refractivity contribution in [3.05, 3.63) is 102 Å². The second-order valence-electron chi connectivity index (χ2n) is 8.58. The van der Waals surface area contributed by atoms with E-state index in [1.807, 2.05) is 0 Å². The molecule has 0 aliphatic heterocycles. The fourth-order valence-corrected chi connectivity index (χ4v) is 4.63. The lowest BCUT2D eigenvalue weighted by Gasteiger charge is -2.15. The van der Waals surface area contributed by atoms with Gasteiger partial charge < -0.3 is 0 Å². The maximum Gasteiger partial charge on any atom is -0.0102 e. The molecule has 0 radical (unpaired) electrons. The zero-order valence-electron chi connectivity index (χ0n) is 18.8. The summed E-state index contributed by atoms with van der Waals surface area (Å²) in [4.78, 5) is 0. The number of fused-ring (bicyclic) bond motifs is 2. The van der Waals surface area contributed by atoms with E-state index in [4.69, 9.17) is 0 Å². The van der Waals surface area contributed by atoms with Crippen molar-refractivity contribution in [2.45, 2.75) is 58.3 Å². The summed E-state index contributed by atoms with van der Waals surface area (Å²) >= 11 is 0. The summed E-state index contributed by atoms with van der Waals surface area (Å²) in [6.45, 7) is 2.28. The molecule has 0 heterocycles. The minimum Gasteiger partial charge on any atom is -0.0760 e. The molecule has 0 aliphatic rings. The molecule has 0 saturated carbocycles. The van der Waals surface area contributed by atoms with E-state index >= 15 is 0 Å². The Bertz CT molecular complexity index is 1060. The van der Waals surface area contributed by atoms with Crippen molar-refractivity contribution in [3.63, 3.8) is 0 Å². The summed E-state index contributed by atoms with van der Waals surface area (Å²) in [6.07, 6.45) is 13.1. The van der Waals surface area contributed by atoms with Crippen LogP contribution in [-0.4, -0.2) is 0 Å². The SMILES string of the molecule is CCCCCCCCCC=C(c1cccc2ccccc12)c1cccc2ccccc12. The first-order valence-corrected chi connectivity index (χ1v) is 12.0. The monoisotopic (exact) mass is 406 g/mol. The van der Waals surface area contributed by atoms with Crippen LogP contribution in [0.15, 0.2) is 91.0 Å². The van der Waals surface area contributed by atoms with Crippen molar-refractivity contribution in [2.24, 2.45) is 0 Å². The Labute approximate surface area is 187 Å². The number of allylic oxidation sites excluding steroid dienone is 1. The number of rotatable bonds is 10. The van der Waals surface area contributed by atoms with Gasteiger partial charge in [-0.1, -0.05) is 136 Å². The molecule has 0 heteroatoms. The molecule has 4 rings (SSSR count). The molecule has 158 valence electrons. The first kappa shape index (κ1) is 21.4. The van der Waals surface area contributed by atoms with E-state index in [1.54, 1.807) is 0 Å². The molecule has 0 spiro atoms. The zero-order chi connectivity index (χ0) is 21.3. The fourth-order valence-electron chi connectivity index (χ4n) is 4.63. The Morgan fingerprint density at radius 3 is 1.61 bits per heavy atom. The normalized spacial score (nSPS) is 11.1. The van der Waals surface area contributed by atoms with E-state index in [0.717, 1.165) is 6.42 Å². The van der Waals surface area contributed by atoms with E-state index < -0.39 is 0 Å². The van der Waals surface area contributed by atoms with Crippen LogP contribution in [0.25, 0.3) is 27.1 Å². The van der Waals surface area contributed by atoms with Crippen molar-refractivity contribution >= 4 is 27.1 Å². The van der Waals surface area contributed by atoms with Crippen LogP contribution >= 0.6 is 0 Å². The molecule has 0 N–H and O–H groups in total. The van der Waals surface area contributed by atoms with Crippen molar-refractivity contribution in [3.8, 4) is 0 Å². The lowest BCUT2D eigenvalue weighted by Crippen LogP contribution is -1.92. The quantitative estimate of drug-likeness (QED) is 0.230. The third kappa shape index (κ3) is 5.25. The highest BCUT2D eigenvalue weighted by molar-refractivity contribution is 6.03. The van der Waals surface area contributed by atoms with Crippen molar-refractivity contribution in [2.75, 3.05) is 0 Å². The molecular weight excluding hydrogens is 372 g/mol. The predicted molar refractivity (Wildman–Crippen MR) is 138 cm³/mol. The number of unbranched alkanes of at least 4 members (excludes halogenated alkanes) is 7. The lowest BCUT2D eigenvalue weighted by atomic mass is 9.89. The Hall–Kier alpha value is -2.86. The standard InChI is InChI=1S/C31H34/c1-2-3-4-5-6-7-8-9-22-31(29-23-14-18-25-16-10-12-20-27(25)29)30-24-15-19-26-17-11-13-21-28(26)30/h10-24H,2-9H2,1H3. The minimum absolute atomic E-state index is 1.13. The van der Waals surface area contributed by atoms with Crippen LogP contribution < -0.4 is 0 Å². The molecule has 0 saturated heterocycles. The van der Waals surface area contributed by atoms with Gasteiger partial charge in [0.1, 0.15) is 0 Å². The first-order valence-electron chi connectivity index (χ1n) is 12.0. The van der Waals surface area contributed by atoms with E-state index in [2.05, 4.69) is 97.9 Å². The van der Waals surface area contributed by atoms with Crippen LogP contribution in [0.3, 0.4) is 0 Å². The summed E-state index contributed by atoms with van der Waals surface area (Å²) < 4.78 is 0. The van der Waals surface area contributed by atoms with Crippen LogP contribution in [-0.2, 0) is 0 Å². The Kier molecular flexibility index (Phi) is 7.56. The average molecular weight is 407 g/mol. The second-order valence-corrected chi connectivity index (χ2v) is 8.58. The van der Waals surface area contributed by atoms with E-state index in [1.165, 1.54) is 83.2 Å². The Morgan fingerprint density at radius 2 is 1.03 bits per heavy atom. The molecule has 0 aliphatic carbocycles. The third-order valence-electron chi connectivity index (χ3n) is 6.32. The van der Waals surface area contributed by atoms with Gasteiger partial charge in [-0.25, -0.2) is 0 Å². The lowest BCUT2D eigenvalue weighted by molar-refractivity contribution is 0.592. The van der Waals surface area contributed by atoms with Crippen molar-refractivity contribution in [1.29, 1.82) is 0 Å². The van der Waals surface area contributed by atoms with E-state index in [-0.39, 0.29) is 0 Å². The predicted octanol–water partition coefficient (Wildman–Crippen LogP) is 9.57. The Balaban J connectivity index is 1.66. The molecule has 0 unspecified atom stereocenters. The van der Waals surface area contributed by atoms with Gasteiger partial charge in [0.2, 0.25) is 0 Å². The number of hydrogen-bond donors (Lipinski definition) is 0. The summed E-state index contributed by atoms with van der Waals surface area (Å²) in [7, 11) is 0. The molecular formula is C31H34. The molecule has 4 aromatic carbocycles. The van der Waals surface area contributed by atoms with Crippen molar-refractivity contribution in [1.82, 2.24) is 0 Å². The number of benzene rings is 4. The maximum atomic E-state index is 2.50. The molecule has 31 heavy (non-hydrogen) atoms. The largest absolute Gasteiger partial charge is 0.0760 e. The van der Waals surface area contributed by atoms with Gasteiger partial charge in [-0.05, 0) is 51.1 Å². The molecule has 0 atom stereocenters. The first-order chi connectivity index (χ1) is 15.4. The van der Waals surface area contributed by atoms with Gasteiger partial charge >= 0.3 is 0 Å². The molecule has 0 amide bonds. The van der Waals surface area contributed by atoms with Gasteiger partial charge in [0.05, 0.1) is 0 Å². The average Bonchev–Trinajstić information content (AvgIpc) is 2.83. The van der Waals surface area contributed by atoms with Crippen LogP contribution in [0.2, 0.25) is 0 Å². The topological polar surface area (TPSA) is 0 Å². The highest BCUT2D eigenvalue weighted by atomic mass is 14.1. The summed E-state index contributed by atoms with van der Waals surface area (Å²) in [6, 6.07) is 31.0. The molecule has 0 nitrogen and oxygen atoms in total. The highest BCUT2D eigenvalue weighted by Crippen LogP contribution is 2.34. The molecule has 4 aromatic rings. The van der Waals surface area contributed by atoms with Crippen LogP contribution in [0.1, 0.15) is 69.4 Å². The fraction of sp³-hybridized carbons (Fsp3) is 0.290. The molecule has 0 bridgehead atoms. The van der Waals surface area contributed by atoms with Crippen LogP contribution in [0.5, 0.6) is 0 Å². The van der Waals surface area contributed by atoms with Gasteiger partial charge in [0, 0.05) is 0 Å². The zero-order valence-corrected chi connectivity index (χ0v) is 18.8. The van der Waals surface area contributed by atoms with Gasteiger partial charge in [0.25, 0.3) is 0 Å². The van der Waals surface area contributed by atoms with Crippen molar-refractivity contribution < 1.29 is 0 Å². The van der Waals surface area contributed by atoms with Crippen LogP contribution in [0.4, 0.5) is 0 Å². The van der Waals surface area contributed by atoms with E-state index in [0.29, 0.717) is 0 Å². The second kappa shape index (κ2) is 11.0. The molecule has 0 aromatic heterocycles. The minimum atomic E-state index is 1.13. The smallest absolute Gasteiger partial charge is 0.0102 e. The number of hydrogen-bond acceptors (Lipinski definition) is 0. The van der Waals surface area contributed by atoms with Gasteiger partial charge in [0.15, 0.2) is 0 Å². The van der Waals surface area contributed by atoms with E-state index in [9.17, 15) is 0 Å². The van der Waals surface area contributed by atoms with Gasteiger partial charge in [-0.2, -0.15) is 0 Å². The summed E-state index contributed by atoms with van der Waals surface area (Å²) in [5, 5.41) is 5.29. The third-order valence-corrected chi connectivity index (χ3v) is 6.32. The van der Waals surface area contributed by atoms with Crippen LogP contribution in [0, 0.1) is 0 Å². The Morgan fingerprint density at radius 1 is 0.548 bits per heavy atom. The molecule has 0 fully saturated rings. The summed E-state index contributed by atoms with van der Waals surface area (Å²) in [5.74, 6) is 0.